The molecule has 0 saturated heterocycles. The van der Waals surface area contributed by atoms with Crippen LogP contribution in [0.2, 0.25) is 0 Å². The van der Waals surface area contributed by atoms with Crippen LogP contribution in [0.15, 0.2) is 34.7 Å². The standard InChI is InChI=1S/C15H16N2O5/c1-9-2-4-12(22-9)11(18)7-16-15(19)17-10-3-5-13-14(6-10)21-8-20-13/h2-6,11,18H,7-8H2,1H3,(H2,16,17,19)/t11-/m0/s1. The number of hydrogen-bond acceptors (Lipinski definition) is 5. The van der Waals surface area contributed by atoms with Gasteiger partial charge in [-0.25, -0.2) is 4.79 Å². The summed E-state index contributed by atoms with van der Waals surface area (Å²) in [4.78, 5) is 11.8. The molecule has 0 radical (unpaired) electrons. The number of amides is 2. The molecule has 1 atom stereocenters. The molecule has 0 bridgehead atoms. The van der Waals surface area contributed by atoms with Crippen molar-refractivity contribution < 1.29 is 23.8 Å². The minimum atomic E-state index is -0.892. The zero-order chi connectivity index (χ0) is 15.5. The number of urea groups is 1. The van der Waals surface area contributed by atoms with E-state index in [0.29, 0.717) is 28.7 Å². The van der Waals surface area contributed by atoms with Crippen molar-refractivity contribution in [2.45, 2.75) is 13.0 Å². The zero-order valence-electron chi connectivity index (χ0n) is 12.0. The Morgan fingerprint density at radius 3 is 2.86 bits per heavy atom. The van der Waals surface area contributed by atoms with E-state index < -0.39 is 12.1 Å². The maximum atomic E-state index is 11.8. The Morgan fingerprint density at radius 2 is 2.09 bits per heavy atom. The van der Waals surface area contributed by atoms with Crippen molar-refractivity contribution in [1.82, 2.24) is 5.32 Å². The number of carbonyl (C=O) groups excluding carboxylic acids is 1. The predicted molar refractivity (Wildman–Crippen MR) is 78.0 cm³/mol. The summed E-state index contributed by atoms with van der Waals surface area (Å²) >= 11 is 0. The SMILES string of the molecule is Cc1ccc([C@@H](O)CNC(=O)Nc2ccc3c(c2)OCO3)o1. The fourth-order valence-corrected chi connectivity index (χ4v) is 2.07. The zero-order valence-corrected chi connectivity index (χ0v) is 12.0. The van der Waals surface area contributed by atoms with Gasteiger partial charge in [-0.1, -0.05) is 0 Å². The summed E-state index contributed by atoms with van der Waals surface area (Å²) in [5, 5.41) is 15.1. The van der Waals surface area contributed by atoms with Crippen LogP contribution in [0.25, 0.3) is 0 Å². The Kier molecular flexibility index (Phi) is 3.88. The molecule has 0 spiro atoms. The molecule has 0 fully saturated rings. The van der Waals surface area contributed by atoms with E-state index in [1.807, 2.05) is 0 Å². The molecule has 2 amide bonds. The lowest BCUT2D eigenvalue weighted by Gasteiger charge is -2.11. The number of aryl methyl sites for hydroxylation is 1. The molecule has 3 rings (SSSR count). The molecule has 2 heterocycles. The summed E-state index contributed by atoms with van der Waals surface area (Å²) in [6.45, 7) is 2.01. The Morgan fingerprint density at radius 1 is 1.27 bits per heavy atom. The summed E-state index contributed by atoms with van der Waals surface area (Å²) in [5.41, 5.74) is 0.574. The monoisotopic (exact) mass is 304 g/mol. The smallest absolute Gasteiger partial charge is 0.319 e. The number of carbonyl (C=O) groups is 1. The Hall–Kier alpha value is -2.67. The van der Waals surface area contributed by atoms with Gasteiger partial charge in [0, 0.05) is 11.8 Å². The van der Waals surface area contributed by atoms with Crippen molar-refractivity contribution in [3.05, 3.63) is 41.9 Å². The first-order valence-electron chi connectivity index (χ1n) is 6.81. The van der Waals surface area contributed by atoms with Crippen LogP contribution in [0.4, 0.5) is 10.5 Å². The molecule has 3 N–H and O–H groups in total. The van der Waals surface area contributed by atoms with Crippen LogP contribution < -0.4 is 20.1 Å². The second-order valence-corrected chi connectivity index (χ2v) is 4.87. The molecule has 2 aromatic rings. The molecule has 7 heteroatoms. The lowest BCUT2D eigenvalue weighted by atomic mass is 10.2. The molecule has 116 valence electrons. The number of hydrogen-bond donors (Lipinski definition) is 3. The van der Waals surface area contributed by atoms with E-state index in [0.717, 1.165) is 0 Å². The highest BCUT2D eigenvalue weighted by Gasteiger charge is 2.15. The second kappa shape index (κ2) is 5.98. The van der Waals surface area contributed by atoms with E-state index in [1.165, 1.54) is 0 Å². The molecule has 0 saturated carbocycles. The topological polar surface area (TPSA) is 93.0 Å². The minimum Gasteiger partial charge on any atom is -0.464 e. The van der Waals surface area contributed by atoms with Crippen molar-refractivity contribution in [3.63, 3.8) is 0 Å². The van der Waals surface area contributed by atoms with Gasteiger partial charge in [-0.2, -0.15) is 0 Å². The number of benzene rings is 1. The van der Waals surface area contributed by atoms with Crippen LogP contribution in [-0.2, 0) is 0 Å². The molecule has 0 aliphatic carbocycles. The number of anilines is 1. The maximum Gasteiger partial charge on any atom is 0.319 e. The minimum absolute atomic E-state index is 0.0450. The second-order valence-electron chi connectivity index (χ2n) is 4.87. The highest BCUT2D eigenvalue weighted by atomic mass is 16.7. The van der Waals surface area contributed by atoms with Crippen molar-refractivity contribution in [1.29, 1.82) is 0 Å². The highest BCUT2D eigenvalue weighted by Crippen LogP contribution is 2.34. The van der Waals surface area contributed by atoms with Crippen molar-refractivity contribution in [3.8, 4) is 11.5 Å². The predicted octanol–water partition coefficient (Wildman–Crippen LogP) is 2.17. The Labute approximate surface area is 126 Å². The average Bonchev–Trinajstić information content (AvgIpc) is 3.13. The number of aliphatic hydroxyl groups is 1. The van der Waals surface area contributed by atoms with Gasteiger partial charge < -0.3 is 29.6 Å². The van der Waals surface area contributed by atoms with Crippen LogP contribution in [0.5, 0.6) is 11.5 Å². The molecule has 1 aliphatic heterocycles. The van der Waals surface area contributed by atoms with Crippen molar-refractivity contribution >= 4 is 11.7 Å². The van der Waals surface area contributed by atoms with Crippen LogP contribution in [0.3, 0.4) is 0 Å². The van der Waals surface area contributed by atoms with E-state index in [1.54, 1.807) is 37.3 Å². The average molecular weight is 304 g/mol. The quantitative estimate of drug-likeness (QED) is 0.805. The van der Waals surface area contributed by atoms with Gasteiger partial charge in [-0.15, -0.1) is 0 Å². The molecular weight excluding hydrogens is 288 g/mol. The molecule has 1 aliphatic rings. The van der Waals surface area contributed by atoms with Gasteiger partial charge in [0.15, 0.2) is 11.5 Å². The van der Waals surface area contributed by atoms with Crippen molar-refractivity contribution in [2.24, 2.45) is 0 Å². The van der Waals surface area contributed by atoms with Crippen molar-refractivity contribution in [2.75, 3.05) is 18.7 Å². The molecule has 22 heavy (non-hydrogen) atoms. The lowest BCUT2D eigenvalue weighted by Crippen LogP contribution is -2.32. The van der Waals surface area contributed by atoms with Gasteiger partial charge in [0.2, 0.25) is 6.79 Å². The highest BCUT2D eigenvalue weighted by molar-refractivity contribution is 5.89. The number of furan rings is 1. The Bertz CT molecular complexity index is 682. The lowest BCUT2D eigenvalue weighted by molar-refractivity contribution is 0.148. The van der Waals surface area contributed by atoms with E-state index >= 15 is 0 Å². The first-order valence-corrected chi connectivity index (χ1v) is 6.81. The number of nitrogens with one attached hydrogen (secondary N) is 2. The summed E-state index contributed by atoms with van der Waals surface area (Å²) in [6, 6.07) is 8.11. The maximum absolute atomic E-state index is 11.8. The van der Waals surface area contributed by atoms with Crippen LogP contribution in [0.1, 0.15) is 17.6 Å². The third kappa shape index (κ3) is 3.15. The summed E-state index contributed by atoms with van der Waals surface area (Å²) in [6.07, 6.45) is -0.892. The summed E-state index contributed by atoms with van der Waals surface area (Å²) < 4.78 is 15.7. The fourth-order valence-electron chi connectivity index (χ4n) is 2.07. The van der Waals surface area contributed by atoms with E-state index in [-0.39, 0.29) is 13.3 Å². The molecule has 1 aromatic heterocycles. The van der Waals surface area contributed by atoms with Crippen LogP contribution in [-0.4, -0.2) is 24.5 Å². The number of aliphatic hydroxyl groups excluding tert-OH is 1. The van der Waals surface area contributed by atoms with E-state index in [9.17, 15) is 9.90 Å². The largest absolute Gasteiger partial charge is 0.464 e. The van der Waals surface area contributed by atoms with E-state index in [2.05, 4.69) is 10.6 Å². The van der Waals surface area contributed by atoms with Gasteiger partial charge in [-0.05, 0) is 31.2 Å². The van der Waals surface area contributed by atoms with Gasteiger partial charge in [0.25, 0.3) is 0 Å². The van der Waals surface area contributed by atoms with Gasteiger partial charge in [-0.3, -0.25) is 0 Å². The van der Waals surface area contributed by atoms with Gasteiger partial charge >= 0.3 is 6.03 Å². The Balaban J connectivity index is 1.52. The first-order chi connectivity index (χ1) is 10.6. The first kappa shape index (κ1) is 14.3. The molecule has 0 unspecified atom stereocenters. The van der Waals surface area contributed by atoms with E-state index in [4.69, 9.17) is 13.9 Å². The normalized spacial score (nSPS) is 13.7. The third-order valence-electron chi connectivity index (χ3n) is 3.18. The van der Waals surface area contributed by atoms with Gasteiger partial charge in [0.1, 0.15) is 17.6 Å². The van der Waals surface area contributed by atoms with Crippen LogP contribution >= 0.6 is 0 Å². The molecule has 7 nitrogen and oxygen atoms in total. The molecular formula is C15H16N2O5. The summed E-state index contributed by atoms with van der Waals surface area (Å²) in [5.74, 6) is 2.36. The summed E-state index contributed by atoms with van der Waals surface area (Å²) in [7, 11) is 0. The third-order valence-corrected chi connectivity index (χ3v) is 3.18. The number of ether oxygens (including phenoxy) is 2. The fraction of sp³-hybridized carbons (Fsp3) is 0.267. The van der Waals surface area contributed by atoms with Gasteiger partial charge in [0.05, 0.1) is 6.54 Å². The molecule has 1 aromatic carbocycles. The number of fused-ring (bicyclic) bond motifs is 1. The van der Waals surface area contributed by atoms with Crippen LogP contribution in [0, 0.1) is 6.92 Å². The number of rotatable bonds is 4.